The zero-order chi connectivity index (χ0) is 15.5. The molecule has 0 saturated carbocycles. The molecule has 3 rings (SSSR count). The minimum absolute atomic E-state index is 0.352. The Hall–Kier alpha value is -1.18. The summed E-state index contributed by atoms with van der Waals surface area (Å²) < 4.78 is 2.80. The smallest absolute Gasteiger partial charge is 0.191 e. The van der Waals surface area contributed by atoms with E-state index in [2.05, 4.69) is 43.1 Å². The number of thioether (sulfide) groups is 1. The minimum atomic E-state index is 0.352. The fraction of sp³-hybridized carbons (Fsp3) is 0.286. The Balaban J connectivity index is 1.95. The molecule has 0 radical (unpaired) electrons. The van der Waals surface area contributed by atoms with E-state index >= 15 is 0 Å². The van der Waals surface area contributed by atoms with E-state index in [1.54, 1.807) is 16.4 Å². The van der Waals surface area contributed by atoms with E-state index in [9.17, 15) is 0 Å². The van der Waals surface area contributed by atoms with Crippen molar-refractivity contribution in [3.63, 3.8) is 0 Å². The molecule has 0 saturated heterocycles. The second-order valence-corrected chi connectivity index (χ2v) is 7.03. The Morgan fingerprint density at radius 1 is 1.23 bits per heavy atom. The van der Waals surface area contributed by atoms with Crippen molar-refractivity contribution in [1.82, 2.24) is 25.0 Å². The Bertz CT molecular complexity index is 790. The number of halogens is 2. The summed E-state index contributed by atoms with van der Waals surface area (Å²) in [6.07, 6.45) is 1.06. The summed E-state index contributed by atoms with van der Waals surface area (Å²) in [7, 11) is 0. The highest BCUT2D eigenvalue weighted by molar-refractivity contribution is 9.10. The fourth-order valence-electron chi connectivity index (χ4n) is 1.93. The van der Waals surface area contributed by atoms with Crippen molar-refractivity contribution >= 4 is 50.5 Å². The van der Waals surface area contributed by atoms with Gasteiger partial charge in [0.05, 0.1) is 6.54 Å². The van der Waals surface area contributed by atoms with Crippen LogP contribution in [0, 0.1) is 0 Å². The molecule has 0 fully saturated rings. The van der Waals surface area contributed by atoms with Crippen molar-refractivity contribution in [3.8, 4) is 0 Å². The Labute approximate surface area is 145 Å². The number of rotatable bonds is 5. The van der Waals surface area contributed by atoms with Gasteiger partial charge in [-0.3, -0.25) is 0 Å². The summed E-state index contributed by atoms with van der Waals surface area (Å²) in [4.78, 5) is 8.81. The molecule has 0 unspecified atom stereocenters. The lowest BCUT2D eigenvalue weighted by atomic mass is 10.2. The van der Waals surface area contributed by atoms with E-state index in [-0.39, 0.29) is 0 Å². The Morgan fingerprint density at radius 2 is 2.00 bits per heavy atom. The van der Waals surface area contributed by atoms with Crippen LogP contribution in [0.2, 0.25) is 5.15 Å². The van der Waals surface area contributed by atoms with Gasteiger partial charge in [-0.15, -0.1) is 5.10 Å². The van der Waals surface area contributed by atoms with Gasteiger partial charge in [-0.2, -0.15) is 0 Å². The monoisotopic (exact) mass is 397 g/mol. The molecule has 2 heterocycles. The molecule has 1 aromatic carbocycles. The average Bonchev–Trinajstić information content (AvgIpc) is 2.91. The van der Waals surface area contributed by atoms with Crippen LogP contribution in [0.3, 0.4) is 0 Å². The van der Waals surface area contributed by atoms with E-state index in [1.807, 2.05) is 24.3 Å². The zero-order valence-corrected chi connectivity index (χ0v) is 15.0. The van der Waals surface area contributed by atoms with Gasteiger partial charge < -0.3 is 0 Å². The number of hydrogen-bond acceptors (Lipinski definition) is 5. The van der Waals surface area contributed by atoms with Gasteiger partial charge in [-0.05, 0) is 24.1 Å². The first-order valence-electron chi connectivity index (χ1n) is 6.81. The van der Waals surface area contributed by atoms with E-state index < -0.39 is 0 Å². The number of hydrogen-bond donors (Lipinski definition) is 0. The van der Waals surface area contributed by atoms with Crippen molar-refractivity contribution in [1.29, 1.82) is 0 Å². The van der Waals surface area contributed by atoms with Gasteiger partial charge in [0.25, 0.3) is 0 Å². The third-order valence-corrected chi connectivity index (χ3v) is 4.83. The minimum Gasteiger partial charge on any atom is -0.222 e. The number of aromatic nitrogens is 5. The van der Waals surface area contributed by atoms with Gasteiger partial charge >= 0.3 is 0 Å². The van der Waals surface area contributed by atoms with Crippen molar-refractivity contribution < 1.29 is 0 Å². The third-order valence-electron chi connectivity index (χ3n) is 2.98. The molecule has 0 aliphatic heterocycles. The quantitative estimate of drug-likeness (QED) is 0.366. The zero-order valence-electron chi connectivity index (χ0n) is 11.8. The molecule has 0 spiro atoms. The van der Waals surface area contributed by atoms with Crippen molar-refractivity contribution in [2.24, 2.45) is 0 Å². The van der Waals surface area contributed by atoms with Gasteiger partial charge in [0.15, 0.2) is 21.5 Å². The largest absolute Gasteiger partial charge is 0.222 e. The maximum absolute atomic E-state index is 6.19. The van der Waals surface area contributed by atoms with Crippen LogP contribution in [0.25, 0.3) is 11.2 Å². The number of benzene rings is 1. The molecular weight excluding hydrogens is 386 g/mol. The van der Waals surface area contributed by atoms with Crippen molar-refractivity contribution in [2.45, 2.75) is 25.0 Å². The summed E-state index contributed by atoms with van der Waals surface area (Å²) in [5, 5.41) is 9.26. The first kappa shape index (κ1) is 15.7. The lowest BCUT2D eigenvalue weighted by molar-refractivity contribution is 0.661. The lowest BCUT2D eigenvalue weighted by Gasteiger charge is -2.04. The topological polar surface area (TPSA) is 56.5 Å². The van der Waals surface area contributed by atoms with Crippen LogP contribution < -0.4 is 0 Å². The standard InChI is InChI=1S/C14H13BrClN5S/c1-2-7-22-14-17-12(16)11-13(18-14)21(20-19-11)8-9-3-5-10(15)6-4-9/h3-6H,2,7-8H2,1H3. The average molecular weight is 399 g/mol. The summed E-state index contributed by atoms with van der Waals surface area (Å²) in [6.45, 7) is 2.71. The summed E-state index contributed by atoms with van der Waals surface area (Å²) in [6, 6.07) is 8.07. The van der Waals surface area contributed by atoms with Crippen molar-refractivity contribution in [2.75, 3.05) is 5.75 Å². The SMILES string of the molecule is CCCSc1nc(Cl)c2nnn(Cc3ccc(Br)cc3)c2n1. The Morgan fingerprint density at radius 3 is 2.73 bits per heavy atom. The molecule has 0 N–H and O–H groups in total. The molecule has 5 nitrogen and oxygen atoms in total. The van der Waals surface area contributed by atoms with Gasteiger partial charge in [0.2, 0.25) is 0 Å². The molecule has 0 atom stereocenters. The number of nitrogens with zero attached hydrogens (tertiary/aromatic N) is 5. The second kappa shape index (κ2) is 6.93. The highest BCUT2D eigenvalue weighted by Crippen LogP contribution is 2.23. The van der Waals surface area contributed by atoms with Crippen LogP contribution in [0.1, 0.15) is 18.9 Å². The maximum atomic E-state index is 6.19. The van der Waals surface area contributed by atoms with Gasteiger partial charge in [-0.1, -0.05) is 63.6 Å². The molecule has 22 heavy (non-hydrogen) atoms. The van der Waals surface area contributed by atoms with Crippen LogP contribution >= 0.6 is 39.3 Å². The van der Waals surface area contributed by atoms with E-state index in [0.29, 0.717) is 28.0 Å². The summed E-state index contributed by atoms with van der Waals surface area (Å²) in [5.74, 6) is 0.954. The van der Waals surface area contributed by atoms with Crippen LogP contribution in [0.4, 0.5) is 0 Å². The van der Waals surface area contributed by atoms with Gasteiger partial charge in [0, 0.05) is 10.2 Å². The van der Waals surface area contributed by atoms with Gasteiger partial charge in [-0.25, -0.2) is 14.6 Å². The first-order chi connectivity index (χ1) is 10.7. The molecule has 3 aromatic rings. The second-order valence-electron chi connectivity index (χ2n) is 4.69. The molecule has 0 amide bonds. The van der Waals surface area contributed by atoms with Crippen LogP contribution in [-0.4, -0.2) is 30.7 Å². The van der Waals surface area contributed by atoms with E-state index in [4.69, 9.17) is 11.6 Å². The van der Waals surface area contributed by atoms with Crippen LogP contribution in [0.5, 0.6) is 0 Å². The molecule has 2 aromatic heterocycles. The summed E-state index contributed by atoms with van der Waals surface area (Å²) >= 11 is 11.2. The number of fused-ring (bicyclic) bond motifs is 1. The van der Waals surface area contributed by atoms with Crippen molar-refractivity contribution in [3.05, 3.63) is 39.5 Å². The van der Waals surface area contributed by atoms with Crippen LogP contribution in [0.15, 0.2) is 33.9 Å². The molecule has 8 heteroatoms. The molecule has 0 bridgehead atoms. The van der Waals surface area contributed by atoms with E-state index in [0.717, 1.165) is 22.2 Å². The summed E-state index contributed by atoms with van der Waals surface area (Å²) in [5.41, 5.74) is 2.33. The maximum Gasteiger partial charge on any atom is 0.191 e. The van der Waals surface area contributed by atoms with Gasteiger partial charge in [0.1, 0.15) is 0 Å². The third kappa shape index (κ3) is 3.42. The molecular formula is C14H13BrClN5S. The van der Waals surface area contributed by atoms with Crippen LogP contribution in [-0.2, 0) is 6.54 Å². The fourth-order valence-corrected chi connectivity index (χ4v) is 3.14. The molecule has 0 aliphatic rings. The predicted molar refractivity (Wildman–Crippen MR) is 92.4 cm³/mol. The molecule has 0 aliphatic carbocycles. The highest BCUT2D eigenvalue weighted by Gasteiger charge is 2.13. The first-order valence-corrected chi connectivity index (χ1v) is 8.97. The lowest BCUT2D eigenvalue weighted by Crippen LogP contribution is -2.03. The normalized spacial score (nSPS) is 11.2. The molecule has 114 valence electrons. The Kier molecular flexibility index (Phi) is 4.95. The predicted octanol–water partition coefficient (Wildman–Crippen LogP) is 4.19. The van der Waals surface area contributed by atoms with E-state index in [1.165, 1.54) is 0 Å². The highest BCUT2D eigenvalue weighted by atomic mass is 79.9.